The second kappa shape index (κ2) is 5.63. The Labute approximate surface area is 94.9 Å². The molecule has 0 saturated carbocycles. The van der Waals surface area contributed by atoms with Gasteiger partial charge in [0.25, 0.3) is 0 Å². The minimum atomic E-state index is -1.10. The van der Waals surface area contributed by atoms with E-state index in [4.69, 9.17) is 5.11 Å². The molecule has 0 heterocycles. The molecule has 1 rings (SSSR count). The van der Waals surface area contributed by atoms with Crippen LogP contribution in [0.2, 0.25) is 0 Å². The summed E-state index contributed by atoms with van der Waals surface area (Å²) in [5.74, 6) is -0.920. The van der Waals surface area contributed by atoms with Crippen LogP contribution in [0.15, 0.2) is 30.3 Å². The van der Waals surface area contributed by atoms with Gasteiger partial charge in [-0.3, -0.25) is 5.32 Å². The van der Waals surface area contributed by atoms with Crippen LogP contribution < -0.4 is 5.32 Å². The molecule has 0 bridgehead atoms. The van der Waals surface area contributed by atoms with Crippen LogP contribution in [0.4, 0.5) is 0 Å². The van der Waals surface area contributed by atoms with E-state index in [0.29, 0.717) is 18.5 Å². The third-order valence-corrected chi connectivity index (χ3v) is 2.59. The molecule has 1 aromatic carbocycles. The Bertz CT molecular complexity index is 339. The zero-order valence-electron chi connectivity index (χ0n) is 9.31. The molecule has 1 atom stereocenters. The van der Waals surface area contributed by atoms with Crippen LogP contribution in [0, 0.1) is 0 Å². The predicted molar refractivity (Wildman–Crippen MR) is 61.1 cm³/mol. The maximum Gasteiger partial charge on any atom is 0.328 e. The number of aliphatic hydroxyl groups excluding tert-OH is 1. The first kappa shape index (κ1) is 12.7. The Kier molecular flexibility index (Phi) is 4.46. The number of aliphatic carboxylic acids is 1. The summed E-state index contributed by atoms with van der Waals surface area (Å²) in [6.45, 7) is 2.15. The standard InChI is InChI=1S/C12H17NO3/c1-12(11(15)16,13-8-5-9-14)10-6-3-2-4-7-10/h2-4,6-7,13-14H,5,8-9H2,1H3,(H,15,16). The molecule has 88 valence electrons. The van der Waals surface area contributed by atoms with Crippen LogP contribution in [-0.2, 0) is 10.3 Å². The van der Waals surface area contributed by atoms with Crippen LogP contribution >= 0.6 is 0 Å². The van der Waals surface area contributed by atoms with Gasteiger partial charge in [-0.1, -0.05) is 30.3 Å². The van der Waals surface area contributed by atoms with Crippen molar-refractivity contribution in [1.82, 2.24) is 5.32 Å². The van der Waals surface area contributed by atoms with E-state index in [9.17, 15) is 9.90 Å². The summed E-state index contributed by atoms with van der Waals surface area (Å²) in [7, 11) is 0. The van der Waals surface area contributed by atoms with Gasteiger partial charge in [0.2, 0.25) is 0 Å². The molecule has 0 aliphatic heterocycles. The van der Waals surface area contributed by atoms with Crippen molar-refractivity contribution in [2.75, 3.05) is 13.2 Å². The fourth-order valence-corrected chi connectivity index (χ4v) is 1.49. The molecule has 0 saturated heterocycles. The molecule has 0 aliphatic rings. The highest BCUT2D eigenvalue weighted by Gasteiger charge is 2.34. The average molecular weight is 223 g/mol. The van der Waals surface area contributed by atoms with E-state index in [2.05, 4.69) is 5.32 Å². The lowest BCUT2D eigenvalue weighted by Gasteiger charge is -2.26. The second-order valence-corrected chi connectivity index (χ2v) is 3.80. The third-order valence-electron chi connectivity index (χ3n) is 2.59. The van der Waals surface area contributed by atoms with Crippen molar-refractivity contribution >= 4 is 5.97 Å². The quantitative estimate of drug-likeness (QED) is 0.628. The van der Waals surface area contributed by atoms with Gasteiger partial charge in [0.05, 0.1) is 0 Å². The van der Waals surface area contributed by atoms with Gasteiger partial charge in [0.1, 0.15) is 5.54 Å². The number of hydrogen-bond donors (Lipinski definition) is 3. The van der Waals surface area contributed by atoms with Crippen molar-refractivity contribution in [3.05, 3.63) is 35.9 Å². The van der Waals surface area contributed by atoms with Gasteiger partial charge in [0, 0.05) is 6.61 Å². The van der Waals surface area contributed by atoms with Crippen LogP contribution in [-0.4, -0.2) is 29.3 Å². The van der Waals surface area contributed by atoms with E-state index < -0.39 is 11.5 Å². The molecule has 1 aromatic rings. The summed E-state index contributed by atoms with van der Waals surface area (Å²) in [6.07, 6.45) is 0.537. The summed E-state index contributed by atoms with van der Waals surface area (Å²) in [4.78, 5) is 11.3. The molecule has 3 N–H and O–H groups in total. The van der Waals surface area contributed by atoms with Gasteiger partial charge >= 0.3 is 5.97 Å². The summed E-state index contributed by atoms with van der Waals surface area (Å²) in [5.41, 5.74) is -0.392. The Morgan fingerprint density at radius 1 is 1.38 bits per heavy atom. The first-order chi connectivity index (χ1) is 7.61. The fourth-order valence-electron chi connectivity index (χ4n) is 1.49. The molecule has 0 aromatic heterocycles. The lowest BCUT2D eigenvalue weighted by atomic mass is 9.92. The molecule has 16 heavy (non-hydrogen) atoms. The fraction of sp³-hybridized carbons (Fsp3) is 0.417. The zero-order valence-corrected chi connectivity index (χ0v) is 9.31. The van der Waals surface area contributed by atoms with Gasteiger partial charge in [-0.05, 0) is 25.5 Å². The average Bonchev–Trinajstić information content (AvgIpc) is 2.30. The largest absolute Gasteiger partial charge is 0.480 e. The zero-order chi connectivity index (χ0) is 12.0. The molecule has 0 fully saturated rings. The van der Waals surface area contributed by atoms with E-state index >= 15 is 0 Å². The molecule has 0 aliphatic carbocycles. The van der Waals surface area contributed by atoms with Crippen LogP contribution in [0.1, 0.15) is 18.9 Å². The number of aliphatic hydroxyl groups is 1. The van der Waals surface area contributed by atoms with E-state index in [1.165, 1.54) is 0 Å². The molecule has 1 unspecified atom stereocenters. The van der Waals surface area contributed by atoms with Crippen molar-refractivity contribution in [1.29, 1.82) is 0 Å². The van der Waals surface area contributed by atoms with Gasteiger partial charge in [0.15, 0.2) is 0 Å². The second-order valence-electron chi connectivity index (χ2n) is 3.80. The molecule has 4 heteroatoms. The van der Waals surface area contributed by atoms with Crippen molar-refractivity contribution in [3.8, 4) is 0 Å². The SMILES string of the molecule is CC(NCCCO)(C(=O)O)c1ccccc1. The minimum Gasteiger partial charge on any atom is -0.480 e. The van der Waals surface area contributed by atoms with E-state index in [0.717, 1.165) is 0 Å². The normalized spacial score (nSPS) is 14.4. The van der Waals surface area contributed by atoms with Crippen molar-refractivity contribution in [2.45, 2.75) is 18.9 Å². The van der Waals surface area contributed by atoms with Crippen LogP contribution in [0.5, 0.6) is 0 Å². The Hall–Kier alpha value is -1.39. The Morgan fingerprint density at radius 3 is 2.50 bits per heavy atom. The minimum absolute atomic E-state index is 0.0531. The van der Waals surface area contributed by atoms with Gasteiger partial charge in [-0.2, -0.15) is 0 Å². The van der Waals surface area contributed by atoms with Gasteiger partial charge in [-0.25, -0.2) is 4.79 Å². The van der Waals surface area contributed by atoms with Gasteiger partial charge in [-0.15, -0.1) is 0 Å². The highest BCUT2D eigenvalue weighted by Crippen LogP contribution is 2.20. The third kappa shape index (κ3) is 2.81. The lowest BCUT2D eigenvalue weighted by Crippen LogP contribution is -2.47. The van der Waals surface area contributed by atoms with Crippen molar-refractivity contribution in [2.24, 2.45) is 0 Å². The number of rotatable bonds is 6. The van der Waals surface area contributed by atoms with E-state index in [-0.39, 0.29) is 6.61 Å². The maximum atomic E-state index is 11.3. The predicted octanol–water partition coefficient (Wildman–Crippen LogP) is 0.958. The summed E-state index contributed by atoms with van der Waals surface area (Å²) in [5, 5.41) is 20.9. The van der Waals surface area contributed by atoms with Crippen molar-refractivity contribution < 1.29 is 15.0 Å². The molecule has 4 nitrogen and oxygen atoms in total. The Morgan fingerprint density at radius 2 is 2.00 bits per heavy atom. The number of benzene rings is 1. The number of carbonyl (C=O) groups is 1. The first-order valence-corrected chi connectivity index (χ1v) is 5.26. The number of nitrogens with one attached hydrogen (secondary N) is 1. The summed E-state index contributed by atoms with van der Waals surface area (Å²) in [6, 6.07) is 9.02. The van der Waals surface area contributed by atoms with Crippen LogP contribution in [0.3, 0.4) is 0 Å². The lowest BCUT2D eigenvalue weighted by molar-refractivity contribution is -0.144. The molecule has 0 spiro atoms. The van der Waals surface area contributed by atoms with E-state index in [1.54, 1.807) is 19.1 Å². The molecule has 0 radical (unpaired) electrons. The van der Waals surface area contributed by atoms with Crippen molar-refractivity contribution in [3.63, 3.8) is 0 Å². The van der Waals surface area contributed by atoms with E-state index in [1.807, 2.05) is 18.2 Å². The smallest absolute Gasteiger partial charge is 0.328 e. The number of carboxylic acids is 1. The number of carboxylic acid groups (broad SMARTS) is 1. The first-order valence-electron chi connectivity index (χ1n) is 5.26. The molecule has 0 amide bonds. The molecular weight excluding hydrogens is 206 g/mol. The van der Waals surface area contributed by atoms with Gasteiger partial charge < -0.3 is 10.2 Å². The highest BCUT2D eigenvalue weighted by molar-refractivity contribution is 5.80. The monoisotopic (exact) mass is 223 g/mol. The molecular formula is C12H17NO3. The number of hydrogen-bond acceptors (Lipinski definition) is 3. The Balaban J connectivity index is 2.85. The van der Waals surface area contributed by atoms with Crippen LogP contribution in [0.25, 0.3) is 0 Å². The summed E-state index contributed by atoms with van der Waals surface area (Å²) >= 11 is 0. The highest BCUT2D eigenvalue weighted by atomic mass is 16.4. The topological polar surface area (TPSA) is 69.6 Å². The maximum absolute atomic E-state index is 11.3. The summed E-state index contributed by atoms with van der Waals surface area (Å²) < 4.78 is 0.